The number of rotatable bonds is 0. The molecule has 0 aromatic rings. The first-order chi connectivity index (χ1) is 4.29. The average Bonchev–Trinajstić information content (AvgIpc) is 2.15. The predicted molar refractivity (Wildman–Crippen MR) is 31.0 cm³/mol. The maximum atomic E-state index is 9.84. The molecule has 0 saturated carbocycles. The van der Waals surface area contributed by atoms with E-state index < -0.39 is 6.09 Å². The lowest BCUT2D eigenvalue weighted by Gasteiger charge is -1.69. The Kier molecular flexibility index (Phi) is 1.35. The van der Waals surface area contributed by atoms with E-state index in [1.165, 1.54) is 12.4 Å². The van der Waals surface area contributed by atoms with Crippen LogP contribution in [-0.4, -0.2) is 29.6 Å². The number of guanidine groups is 1. The van der Waals surface area contributed by atoms with Crippen molar-refractivity contribution in [2.75, 3.05) is 0 Å². The van der Waals surface area contributed by atoms with Crippen LogP contribution in [0.2, 0.25) is 0 Å². The predicted octanol–water partition coefficient (Wildman–Crippen LogP) is -1.74. The number of hydrogen-bond acceptors (Lipinski definition) is 1. The lowest BCUT2D eigenvalue weighted by atomic mass is 10.9. The SMILES string of the molecule is O=C(O)N=C1N=CC=[NH+]1. The highest BCUT2D eigenvalue weighted by Gasteiger charge is 2.09. The standard InChI is InChI=1S/C4H3N3O2/c8-4(9)7-3-5-1-2-6-3/h1-2H,(H,8,9)/p+1. The third kappa shape index (κ3) is 1.45. The molecule has 0 aromatic carbocycles. The molecule has 1 rings (SSSR count). The van der Waals surface area contributed by atoms with Crippen LogP contribution in [0, 0.1) is 0 Å². The molecule has 0 fully saturated rings. The Morgan fingerprint density at radius 2 is 2.67 bits per heavy atom. The largest absolute Gasteiger partial charge is 0.511 e. The van der Waals surface area contributed by atoms with E-state index in [1.807, 2.05) is 0 Å². The molecule has 1 heterocycles. The zero-order valence-corrected chi connectivity index (χ0v) is 4.40. The molecule has 46 valence electrons. The molecule has 1 aliphatic heterocycles. The molecule has 9 heavy (non-hydrogen) atoms. The molecule has 0 atom stereocenters. The van der Waals surface area contributed by atoms with Crippen LogP contribution in [0.25, 0.3) is 0 Å². The quantitative estimate of drug-likeness (QED) is 0.404. The van der Waals surface area contributed by atoms with E-state index in [0.717, 1.165) is 0 Å². The molecule has 0 unspecified atom stereocenters. The first-order valence-electron chi connectivity index (χ1n) is 2.23. The van der Waals surface area contributed by atoms with Crippen molar-refractivity contribution in [1.82, 2.24) is 0 Å². The van der Waals surface area contributed by atoms with Gasteiger partial charge in [-0.05, 0) is 0 Å². The highest BCUT2D eigenvalue weighted by atomic mass is 16.4. The lowest BCUT2D eigenvalue weighted by molar-refractivity contribution is -0.306. The molecule has 5 heteroatoms. The van der Waals surface area contributed by atoms with Crippen LogP contribution >= 0.6 is 0 Å². The Balaban J connectivity index is 2.73. The first-order valence-corrected chi connectivity index (χ1v) is 2.23. The number of amides is 1. The van der Waals surface area contributed by atoms with E-state index >= 15 is 0 Å². The van der Waals surface area contributed by atoms with Crippen LogP contribution in [0.15, 0.2) is 9.98 Å². The van der Waals surface area contributed by atoms with E-state index in [-0.39, 0.29) is 5.96 Å². The van der Waals surface area contributed by atoms with Crippen LogP contribution in [0.5, 0.6) is 0 Å². The van der Waals surface area contributed by atoms with Crippen LogP contribution < -0.4 is 4.99 Å². The van der Waals surface area contributed by atoms with E-state index in [2.05, 4.69) is 15.0 Å². The zero-order valence-electron chi connectivity index (χ0n) is 4.40. The van der Waals surface area contributed by atoms with E-state index in [1.54, 1.807) is 0 Å². The summed E-state index contributed by atoms with van der Waals surface area (Å²) in [6, 6.07) is 0. The Hall–Kier alpha value is -1.52. The fourth-order valence-electron chi connectivity index (χ4n) is 0.409. The summed E-state index contributed by atoms with van der Waals surface area (Å²) < 4.78 is 0. The molecule has 0 aliphatic carbocycles. The summed E-state index contributed by atoms with van der Waals surface area (Å²) in [5.41, 5.74) is 0. The van der Waals surface area contributed by atoms with Crippen molar-refractivity contribution in [3.05, 3.63) is 0 Å². The summed E-state index contributed by atoms with van der Waals surface area (Å²) in [4.78, 5) is 19.0. The van der Waals surface area contributed by atoms with Crippen molar-refractivity contribution < 1.29 is 14.9 Å². The van der Waals surface area contributed by atoms with Gasteiger partial charge >= 0.3 is 12.1 Å². The van der Waals surface area contributed by atoms with Crippen LogP contribution in [0.1, 0.15) is 0 Å². The van der Waals surface area contributed by atoms with Gasteiger partial charge in [0.2, 0.25) is 0 Å². The fourth-order valence-corrected chi connectivity index (χ4v) is 0.409. The molecular weight excluding hydrogens is 122 g/mol. The number of carbonyl (C=O) groups is 1. The van der Waals surface area contributed by atoms with Gasteiger partial charge in [0.15, 0.2) is 0 Å². The van der Waals surface area contributed by atoms with E-state index in [0.29, 0.717) is 0 Å². The zero-order chi connectivity index (χ0) is 6.69. The molecule has 0 spiro atoms. The van der Waals surface area contributed by atoms with Gasteiger partial charge in [0.25, 0.3) is 0 Å². The van der Waals surface area contributed by atoms with Gasteiger partial charge in [-0.3, -0.25) is 0 Å². The maximum absolute atomic E-state index is 9.84. The summed E-state index contributed by atoms with van der Waals surface area (Å²) in [5, 5.41) is 8.06. The molecule has 1 amide bonds. The third-order valence-corrected chi connectivity index (χ3v) is 0.685. The van der Waals surface area contributed by atoms with Gasteiger partial charge in [0.1, 0.15) is 6.21 Å². The monoisotopic (exact) mass is 126 g/mol. The van der Waals surface area contributed by atoms with Gasteiger partial charge in [-0.1, -0.05) is 4.99 Å². The number of nitrogens with one attached hydrogen (secondary N) is 1. The van der Waals surface area contributed by atoms with Crippen molar-refractivity contribution in [1.29, 1.82) is 0 Å². The van der Waals surface area contributed by atoms with Crippen molar-refractivity contribution in [2.24, 2.45) is 9.98 Å². The molecule has 5 nitrogen and oxygen atoms in total. The number of hydrogen-bond donors (Lipinski definition) is 2. The Labute approximate surface area is 50.5 Å². The van der Waals surface area contributed by atoms with Crippen LogP contribution in [-0.2, 0) is 0 Å². The van der Waals surface area contributed by atoms with Crippen LogP contribution in [0.3, 0.4) is 0 Å². The summed E-state index contributed by atoms with van der Waals surface area (Å²) in [7, 11) is 0. The number of carboxylic acid groups (broad SMARTS) is 1. The lowest BCUT2D eigenvalue weighted by Crippen LogP contribution is -2.70. The second kappa shape index (κ2) is 2.17. The Morgan fingerprint density at radius 3 is 3.11 bits per heavy atom. The Bertz CT molecular complexity index is 202. The maximum Gasteiger partial charge on any atom is 0.511 e. The second-order valence-corrected chi connectivity index (χ2v) is 1.31. The van der Waals surface area contributed by atoms with Crippen molar-refractivity contribution >= 4 is 24.5 Å². The highest BCUT2D eigenvalue weighted by molar-refractivity contribution is 6.20. The first kappa shape index (κ1) is 5.61. The molecule has 1 aliphatic rings. The summed E-state index contributed by atoms with van der Waals surface area (Å²) in [6.07, 6.45) is 1.69. The van der Waals surface area contributed by atoms with Gasteiger partial charge in [-0.2, -0.15) is 0 Å². The van der Waals surface area contributed by atoms with Gasteiger partial charge in [-0.15, -0.1) is 0 Å². The van der Waals surface area contributed by atoms with Gasteiger partial charge in [-0.25, -0.2) is 9.79 Å². The molecule has 0 bridgehead atoms. The molecule has 0 saturated heterocycles. The average molecular weight is 126 g/mol. The molecule has 2 N–H and O–H groups in total. The molecular formula is C4H4N3O2+. The van der Waals surface area contributed by atoms with Gasteiger partial charge < -0.3 is 5.11 Å². The minimum absolute atomic E-state index is 0.113. The van der Waals surface area contributed by atoms with Crippen molar-refractivity contribution in [2.45, 2.75) is 0 Å². The van der Waals surface area contributed by atoms with Gasteiger partial charge in [0.05, 0.1) is 6.21 Å². The molecule has 0 aromatic heterocycles. The minimum Gasteiger partial charge on any atom is -0.450 e. The van der Waals surface area contributed by atoms with Gasteiger partial charge in [0, 0.05) is 4.99 Å². The summed E-state index contributed by atoms with van der Waals surface area (Å²) in [6.45, 7) is 0. The smallest absolute Gasteiger partial charge is 0.450 e. The topological polar surface area (TPSA) is 76.0 Å². The highest BCUT2D eigenvalue weighted by Crippen LogP contribution is 1.73. The van der Waals surface area contributed by atoms with E-state index in [4.69, 9.17) is 5.11 Å². The Morgan fingerprint density at radius 1 is 1.89 bits per heavy atom. The van der Waals surface area contributed by atoms with Crippen molar-refractivity contribution in [3.63, 3.8) is 0 Å². The third-order valence-electron chi connectivity index (χ3n) is 0.685. The fraction of sp³-hybridized carbons (Fsp3) is 0. The normalized spacial score (nSPS) is 19.3. The number of nitrogens with zero attached hydrogens (tertiary/aromatic N) is 2. The second-order valence-electron chi connectivity index (χ2n) is 1.31. The molecule has 0 radical (unpaired) electrons. The van der Waals surface area contributed by atoms with Crippen molar-refractivity contribution in [3.8, 4) is 0 Å². The van der Waals surface area contributed by atoms with Crippen LogP contribution in [0.4, 0.5) is 4.79 Å². The summed E-state index contributed by atoms with van der Waals surface area (Å²) >= 11 is 0. The minimum atomic E-state index is -1.25. The van der Waals surface area contributed by atoms with E-state index in [9.17, 15) is 4.79 Å². The number of aliphatic imine (C=N–C) groups is 2. The summed E-state index contributed by atoms with van der Waals surface area (Å²) in [5.74, 6) is 0.113.